The lowest BCUT2D eigenvalue weighted by Crippen LogP contribution is -2.40. The van der Waals surface area contributed by atoms with Gasteiger partial charge in [-0.3, -0.25) is 4.72 Å². The van der Waals surface area contributed by atoms with E-state index in [1.807, 2.05) is 6.07 Å². The van der Waals surface area contributed by atoms with Gasteiger partial charge in [0.05, 0.1) is 10.5 Å². The number of halogens is 3. The molecule has 2 aromatic carbocycles. The average Bonchev–Trinajstić information content (AvgIpc) is 3.31. The molecule has 35 heavy (non-hydrogen) atoms. The van der Waals surface area contributed by atoms with Crippen molar-refractivity contribution in [1.29, 1.82) is 0 Å². The highest BCUT2D eigenvalue weighted by Gasteiger charge is 2.23. The number of rotatable bonds is 9. The Kier molecular flexibility index (Phi) is 8.51. The highest BCUT2D eigenvalue weighted by Crippen LogP contribution is 2.36. The number of anilines is 1. The van der Waals surface area contributed by atoms with Gasteiger partial charge >= 0.3 is 0 Å². The maximum absolute atomic E-state index is 14.8. The van der Waals surface area contributed by atoms with Crippen molar-refractivity contribution < 1.29 is 17.5 Å². The predicted octanol–water partition coefficient (Wildman–Crippen LogP) is 5.54. The number of nitrogens with one attached hydrogen (secondary N) is 1. The molecular weight excluding hydrogens is 534 g/mol. The van der Waals surface area contributed by atoms with E-state index in [9.17, 15) is 12.8 Å². The van der Waals surface area contributed by atoms with E-state index in [1.165, 1.54) is 22.2 Å². The van der Waals surface area contributed by atoms with Crippen LogP contribution >= 0.6 is 34.5 Å². The molecule has 3 N–H and O–H groups in total. The second kappa shape index (κ2) is 11.4. The SMILES string of the molecule is NC1CCN(CCCc2cc(Cl)ccc2Oc2cc(F)c(S(=O)(=O)Nc3cscn3)cc2Cl)CC1. The van der Waals surface area contributed by atoms with E-state index in [0.29, 0.717) is 17.2 Å². The topological polar surface area (TPSA) is 97.5 Å². The van der Waals surface area contributed by atoms with Gasteiger partial charge in [-0.1, -0.05) is 23.2 Å². The Hall–Kier alpha value is -1.95. The van der Waals surface area contributed by atoms with Crippen molar-refractivity contribution >= 4 is 50.4 Å². The summed E-state index contributed by atoms with van der Waals surface area (Å²) in [7, 11) is -4.22. The lowest BCUT2D eigenvalue weighted by molar-refractivity contribution is 0.211. The third-order valence-electron chi connectivity index (χ3n) is 5.74. The van der Waals surface area contributed by atoms with E-state index in [2.05, 4.69) is 14.6 Å². The first kappa shape index (κ1) is 26.1. The van der Waals surface area contributed by atoms with Gasteiger partial charge in [-0.15, -0.1) is 11.3 Å². The van der Waals surface area contributed by atoms with Gasteiger partial charge in [0.1, 0.15) is 22.2 Å². The predicted molar refractivity (Wildman–Crippen MR) is 138 cm³/mol. The summed E-state index contributed by atoms with van der Waals surface area (Å²) in [5.74, 6) is -0.409. The average molecular weight is 560 g/mol. The van der Waals surface area contributed by atoms with Crippen LogP contribution in [-0.4, -0.2) is 44.0 Å². The van der Waals surface area contributed by atoms with Crippen molar-refractivity contribution in [1.82, 2.24) is 9.88 Å². The van der Waals surface area contributed by atoms with Crippen molar-refractivity contribution in [2.24, 2.45) is 5.73 Å². The number of likely N-dealkylation sites (tertiary alicyclic amines) is 1. The Labute approximate surface area is 218 Å². The molecule has 1 saturated heterocycles. The summed E-state index contributed by atoms with van der Waals surface area (Å²) in [6.45, 7) is 2.90. The second-order valence-electron chi connectivity index (χ2n) is 8.33. The minimum Gasteiger partial charge on any atom is -0.455 e. The van der Waals surface area contributed by atoms with Crippen LogP contribution in [0.1, 0.15) is 24.8 Å². The van der Waals surface area contributed by atoms with Crippen LogP contribution in [0.25, 0.3) is 0 Å². The normalized spacial score (nSPS) is 15.3. The number of benzene rings is 2. The third kappa shape index (κ3) is 6.84. The van der Waals surface area contributed by atoms with Crippen molar-refractivity contribution in [3.8, 4) is 11.5 Å². The quantitative estimate of drug-likeness (QED) is 0.358. The highest BCUT2D eigenvalue weighted by molar-refractivity contribution is 7.92. The number of hydrogen-bond donors (Lipinski definition) is 2. The number of piperidine rings is 1. The molecule has 3 aromatic rings. The zero-order valence-electron chi connectivity index (χ0n) is 18.7. The van der Waals surface area contributed by atoms with E-state index in [1.54, 1.807) is 12.1 Å². The van der Waals surface area contributed by atoms with E-state index < -0.39 is 20.7 Å². The number of hydrogen-bond acceptors (Lipinski definition) is 7. The van der Waals surface area contributed by atoms with Crippen LogP contribution in [0.15, 0.2) is 46.1 Å². The molecule has 0 bridgehead atoms. The zero-order valence-corrected chi connectivity index (χ0v) is 21.9. The molecule has 0 spiro atoms. The summed E-state index contributed by atoms with van der Waals surface area (Å²) in [6, 6.07) is 7.45. The van der Waals surface area contributed by atoms with Crippen LogP contribution in [-0.2, 0) is 16.4 Å². The molecule has 4 rings (SSSR count). The van der Waals surface area contributed by atoms with E-state index >= 15 is 0 Å². The van der Waals surface area contributed by atoms with Crippen LogP contribution in [0.4, 0.5) is 10.2 Å². The van der Waals surface area contributed by atoms with Crippen molar-refractivity contribution in [2.45, 2.75) is 36.6 Å². The highest BCUT2D eigenvalue weighted by atomic mass is 35.5. The summed E-state index contributed by atoms with van der Waals surface area (Å²) < 4.78 is 48.2. The van der Waals surface area contributed by atoms with Crippen LogP contribution in [0.2, 0.25) is 10.0 Å². The molecule has 1 aliphatic heterocycles. The smallest absolute Gasteiger partial charge is 0.266 e. The van der Waals surface area contributed by atoms with Crippen LogP contribution in [0.5, 0.6) is 11.5 Å². The summed E-state index contributed by atoms with van der Waals surface area (Å²) in [4.78, 5) is 5.65. The van der Waals surface area contributed by atoms with Crippen LogP contribution in [0, 0.1) is 5.82 Å². The maximum atomic E-state index is 14.8. The molecule has 2 heterocycles. The first-order valence-corrected chi connectivity index (χ1v) is 14.2. The monoisotopic (exact) mass is 558 g/mol. The summed E-state index contributed by atoms with van der Waals surface area (Å²) in [5, 5.41) is 2.01. The fraction of sp³-hybridized carbons (Fsp3) is 0.348. The van der Waals surface area contributed by atoms with Gasteiger partial charge in [0.2, 0.25) is 0 Å². The zero-order chi connectivity index (χ0) is 25.0. The first-order chi connectivity index (χ1) is 16.7. The summed E-state index contributed by atoms with van der Waals surface area (Å²) in [5.41, 5.74) is 8.29. The molecule has 1 aliphatic rings. The van der Waals surface area contributed by atoms with E-state index in [4.69, 9.17) is 33.7 Å². The Morgan fingerprint density at radius 2 is 1.97 bits per heavy atom. The number of aromatic nitrogens is 1. The number of aryl methyl sites for hydroxylation is 1. The summed E-state index contributed by atoms with van der Waals surface area (Å²) in [6.07, 6.45) is 3.58. The molecule has 7 nitrogen and oxygen atoms in total. The molecular formula is C23H25Cl2FN4O3S2. The van der Waals surface area contributed by atoms with Gasteiger partial charge in [0.25, 0.3) is 10.0 Å². The fourth-order valence-corrected chi connectivity index (χ4v) is 5.99. The fourth-order valence-electron chi connectivity index (χ4n) is 3.88. The molecule has 188 valence electrons. The summed E-state index contributed by atoms with van der Waals surface area (Å²) >= 11 is 13.7. The number of nitrogens with two attached hydrogens (primary N) is 1. The Balaban J connectivity index is 1.48. The van der Waals surface area contributed by atoms with E-state index in [0.717, 1.165) is 56.6 Å². The Morgan fingerprint density at radius 3 is 2.69 bits per heavy atom. The van der Waals surface area contributed by atoms with Gasteiger partial charge < -0.3 is 15.4 Å². The van der Waals surface area contributed by atoms with Crippen LogP contribution < -0.4 is 15.2 Å². The second-order valence-corrected chi connectivity index (χ2v) is 11.5. The number of nitrogens with zero attached hydrogens (tertiary/aromatic N) is 2. The lowest BCUT2D eigenvalue weighted by Gasteiger charge is -2.30. The molecule has 1 aromatic heterocycles. The molecule has 0 saturated carbocycles. The number of sulfonamides is 1. The third-order valence-corrected chi connectivity index (χ3v) is 8.23. The van der Waals surface area contributed by atoms with Crippen molar-refractivity contribution in [2.75, 3.05) is 24.4 Å². The minimum atomic E-state index is -4.22. The van der Waals surface area contributed by atoms with Gasteiger partial charge in [-0.05, 0) is 75.1 Å². The molecule has 0 unspecified atom stereocenters. The van der Waals surface area contributed by atoms with Crippen LogP contribution in [0.3, 0.4) is 0 Å². The standard InChI is InChI=1S/C23H25Cl2FN4O3S2/c24-16-3-4-20(15(10-16)2-1-7-30-8-5-17(27)6-9-30)33-21-12-19(26)22(11-18(21)25)35(31,32)29-23-13-34-14-28-23/h3-4,10-14,17,29H,1-2,5-9,27H2. The van der Waals surface area contributed by atoms with E-state index in [-0.39, 0.29) is 22.6 Å². The van der Waals surface area contributed by atoms with Gasteiger partial charge in [0.15, 0.2) is 5.82 Å². The molecule has 0 aliphatic carbocycles. The molecule has 0 amide bonds. The van der Waals surface area contributed by atoms with Crippen molar-refractivity contribution in [3.63, 3.8) is 0 Å². The molecule has 0 atom stereocenters. The number of ether oxygens (including phenoxy) is 1. The van der Waals surface area contributed by atoms with Gasteiger partial charge in [-0.2, -0.15) is 0 Å². The van der Waals surface area contributed by atoms with Gasteiger partial charge in [0, 0.05) is 22.5 Å². The molecule has 12 heteroatoms. The first-order valence-electron chi connectivity index (χ1n) is 11.1. The van der Waals surface area contributed by atoms with Gasteiger partial charge in [-0.25, -0.2) is 17.8 Å². The lowest BCUT2D eigenvalue weighted by atomic mass is 10.0. The largest absolute Gasteiger partial charge is 0.455 e. The number of thiazole rings is 1. The minimum absolute atomic E-state index is 0.00497. The maximum Gasteiger partial charge on any atom is 0.266 e. The molecule has 0 radical (unpaired) electrons. The molecule has 1 fully saturated rings. The van der Waals surface area contributed by atoms with Crippen molar-refractivity contribution in [3.05, 3.63) is 62.6 Å². The Morgan fingerprint density at radius 1 is 1.20 bits per heavy atom. The Bertz CT molecular complexity index is 1270.